The second kappa shape index (κ2) is 8.53. The number of ketones is 2. The molecule has 1 heterocycles. The number of rotatable bonds is 8. The molecular formula is C16H30N2O2. The Kier molecular flexibility index (Phi) is 7.38. The zero-order chi connectivity index (χ0) is 15.1. The van der Waals surface area contributed by atoms with Crippen LogP contribution in [0.15, 0.2) is 0 Å². The zero-order valence-electron chi connectivity index (χ0n) is 13.5. The maximum Gasteiger partial charge on any atom is 0.147 e. The lowest BCUT2D eigenvalue weighted by Gasteiger charge is -2.34. The largest absolute Gasteiger partial charge is 0.298 e. The van der Waals surface area contributed by atoms with E-state index >= 15 is 0 Å². The first kappa shape index (κ1) is 17.3. The molecule has 0 unspecified atom stereocenters. The van der Waals surface area contributed by atoms with Crippen LogP contribution >= 0.6 is 0 Å². The summed E-state index contributed by atoms with van der Waals surface area (Å²) in [6.45, 7) is 13.1. The SMILES string of the molecule is CC(C)CC(=O)CN1CCN(CC(=O)CC(C)C)CC1. The first-order chi connectivity index (χ1) is 9.36. The molecule has 20 heavy (non-hydrogen) atoms. The average Bonchev–Trinajstić information content (AvgIpc) is 2.29. The third-order valence-corrected chi connectivity index (χ3v) is 3.54. The molecule has 0 N–H and O–H groups in total. The summed E-state index contributed by atoms with van der Waals surface area (Å²) in [6, 6.07) is 0. The quantitative estimate of drug-likeness (QED) is 0.681. The van der Waals surface area contributed by atoms with E-state index in [0.29, 0.717) is 49.3 Å². The highest BCUT2D eigenvalue weighted by atomic mass is 16.1. The lowest BCUT2D eigenvalue weighted by Crippen LogP contribution is -2.49. The molecule has 1 aliphatic heterocycles. The molecule has 0 aromatic heterocycles. The summed E-state index contributed by atoms with van der Waals surface area (Å²) in [5.74, 6) is 1.56. The molecule has 1 rings (SSSR count). The predicted octanol–water partition coefficient (Wildman–Crippen LogP) is 1.83. The van der Waals surface area contributed by atoms with Crippen molar-refractivity contribution in [3.05, 3.63) is 0 Å². The van der Waals surface area contributed by atoms with E-state index < -0.39 is 0 Å². The zero-order valence-corrected chi connectivity index (χ0v) is 13.5. The van der Waals surface area contributed by atoms with Gasteiger partial charge in [-0.25, -0.2) is 0 Å². The lowest BCUT2D eigenvalue weighted by molar-refractivity contribution is -0.123. The fourth-order valence-electron chi connectivity index (χ4n) is 2.64. The fourth-order valence-corrected chi connectivity index (χ4v) is 2.64. The van der Waals surface area contributed by atoms with E-state index in [9.17, 15) is 9.59 Å². The number of Topliss-reactive ketones (excluding diaryl/α,β-unsaturated/α-hetero) is 2. The van der Waals surface area contributed by atoms with E-state index in [1.54, 1.807) is 0 Å². The third-order valence-electron chi connectivity index (χ3n) is 3.54. The van der Waals surface area contributed by atoms with Crippen LogP contribution in [0.4, 0.5) is 0 Å². The number of hydrogen-bond acceptors (Lipinski definition) is 4. The van der Waals surface area contributed by atoms with Crippen molar-refractivity contribution < 1.29 is 9.59 Å². The minimum atomic E-state index is 0.337. The van der Waals surface area contributed by atoms with Crippen molar-refractivity contribution in [2.45, 2.75) is 40.5 Å². The van der Waals surface area contributed by atoms with E-state index in [1.165, 1.54) is 0 Å². The summed E-state index contributed by atoms with van der Waals surface area (Å²) < 4.78 is 0. The van der Waals surface area contributed by atoms with Crippen molar-refractivity contribution in [2.24, 2.45) is 11.8 Å². The molecule has 0 radical (unpaired) electrons. The van der Waals surface area contributed by atoms with Gasteiger partial charge in [0.15, 0.2) is 0 Å². The van der Waals surface area contributed by atoms with Gasteiger partial charge in [-0.05, 0) is 11.8 Å². The number of hydrogen-bond donors (Lipinski definition) is 0. The summed E-state index contributed by atoms with van der Waals surface area (Å²) in [6.07, 6.45) is 1.35. The van der Waals surface area contributed by atoms with Crippen molar-refractivity contribution in [1.82, 2.24) is 9.80 Å². The van der Waals surface area contributed by atoms with Crippen LogP contribution in [-0.2, 0) is 9.59 Å². The minimum absolute atomic E-state index is 0.337. The Bertz CT molecular complexity index is 286. The highest BCUT2D eigenvalue weighted by Gasteiger charge is 2.20. The Hall–Kier alpha value is -0.740. The summed E-state index contributed by atoms with van der Waals surface area (Å²) in [4.78, 5) is 28.0. The Balaban J connectivity index is 2.23. The summed E-state index contributed by atoms with van der Waals surface area (Å²) in [5.41, 5.74) is 0. The monoisotopic (exact) mass is 282 g/mol. The molecule has 0 atom stereocenters. The Labute approximate surface area is 123 Å². The van der Waals surface area contributed by atoms with Gasteiger partial charge < -0.3 is 0 Å². The van der Waals surface area contributed by atoms with E-state index in [4.69, 9.17) is 0 Å². The van der Waals surface area contributed by atoms with Crippen LogP contribution in [0.3, 0.4) is 0 Å². The van der Waals surface area contributed by atoms with Crippen LogP contribution < -0.4 is 0 Å². The molecule has 0 aromatic rings. The van der Waals surface area contributed by atoms with Crippen LogP contribution in [0.25, 0.3) is 0 Å². The Morgan fingerprint density at radius 1 is 0.750 bits per heavy atom. The molecule has 1 fully saturated rings. The molecule has 116 valence electrons. The van der Waals surface area contributed by atoms with Gasteiger partial charge in [0, 0.05) is 39.0 Å². The smallest absolute Gasteiger partial charge is 0.147 e. The first-order valence-corrected chi connectivity index (χ1v) is 7.85. The molecule has 0 saturated carbocycles. The standard InChI is InChI=1S/C16H30N2O2/c1-13(2)9-15(19)11-17-5-7-18(8-6-17)12-16(20)10-14(3)4/h13-14H,5-12H2,1-4H3. The number of nitrogens with zero attached hydrogens (tertiary/aromatic N) is 2. The van der Waals surface area contributed by atoms with Gasteiger partial charge in [0.05, 0.1) is 13.1 Å². The maximum absolute atomic E-state index is 11.8. The highest BCUT2D eigenvalue weighted by Crippen LogP contribution is 2.07. The molecule has 0 amide bonds. The van der Waals surface area contributed by atoms with Crippen LogP contribution in [0.2, 0.25) is 0 Å². The van der Waals surface area contributed by atoms with Crippen molar-refractivity contribution in [2.75, 3.05) is 39.3 Å². The number of carbonyl (C=O) groups excluding carboxylic acids is 2. The second-order valence-corrected chi connectivity index (χ2v) is 6.83. The molecule has 0 aliphatic carbocycles. The van der Waals surface area contributed by atoms with Gasteiger partial charge in [-0.3, -0.25) is 19.4 Å². The lowest BCUT2D eigenvalue weighted by atomic mass is 10.1. The van der Waals surface area contributed by atoms with Gasteiger partial charge in [0.1, 0.15) is 11.6 Å². The van der Waals surface area contributed by atoms with Gasteiger partial charge in [-0.2, -0.15) is 0 Å². The number of piperazine rings is 1. The van der Waals surface area contributed by atoms with Crippen LogP contribution in [0, 0.1) is 11.8 Å². The second-order valence-electron chi connectivity index (χ2n) is 6.83. The fraction of sp³-hybridized carbons (Fsp3) is 0.875. The maximum atomic E-state index is 11.8. The van der Waals surface area contributed by atoms with Crippen LogP contribution in [0.5, 0.6) is 0 Å². The molecule has 0 aromatic carbocycles. The van der Waals surface area contributed by atoms with E-state index in [-0.39, 0.29) is 0 Å². The summed E-state index contributed by atoms with van der Waals surface area (Å²) in [7, 11) is 0. The van der Waals surface area contributed by atoms with Crippen LogP contribution in [-0.4, -0.2) is 60.6 Å². The molecule has 1 aliphatic rings. The molecular weight excluding hydrogens is 252 g/mol. The molecule has 4 nitrogen and oxygen atoms in total. The molecule has 0 spiro atoms. The Morgan fingerprint density at radius 2 is 1.05 bits per heavy atom. The van der Waals surface area contributed by atoms with Gasteiger partial charge in [-0.15, -0.1) is 0 Å². The van der Waals surface area contributed by atoms with Crippen molar-refractivity contribution in [3.63, 3.8) is 0 Å². The minimum Gasteiger partial charge on any atom is -0.298 e. The normalized spacial score (nSPS) is 17.9. The Morgan fingerprint density at radius 3 is 1.30 bits per heavy atom. The van der Waals surface area contributed by atoms with Crippen molar-refractivity contribution in [3.8, 4) is 0 Å². The number of carbonyl (C=O) groups is 2. The summed E-state index contributed by atoms with van der Waals surface area (Å²) >= 11 is 0. The van der Waals surface area contributed by atoms with Crippen molar-refractivity contribution in [1.29, 1.82) is 0 Å². The van der Waals surface area contributed by atoms with Gasteiger partial charge in [0.2, 0.25) is 0 Å². The van der Waals surface area contributed by atoms with Gasteiger partial charge >= 0.3 is 0 Å². The third kappa shape index (κ3) is 7.15. The van der Waals surface area contributed by atoms with Crippen molar-refractivity contribution >= 4 is 11.6 Å². The predicted molar refractivity (Wildman–Crippen MR) is 81.8 cm³/mol. The molecule has 4 heteroatoms. The van der Waals surface area contributed by atoms with E-state index in [1.807, 2.05) is 0 Å². The molecule has 0 bridgehead atoms. The van der Waals surface area contributed by atoms with E-state index in [2.05, 4.69) is 37.5 Å². The first-order valence-electron chi connectivity index (χ1n) is 7.85. The topological polar surface area (TPSA) is 40.6 Å². The summed E-state index contributed by atoms with van der Waals surface area (Å²) in [5, 5.41) is 0. The average molecular weight is 282 g/mol. The van der Waals surface area contributed by atoms with Gasteiger partial charge in [-0.1, -0.05) is 27.7 Å². The van der Waals surface area contributed by atoms with E-state index in [0.717, 1.165) is 26.2 Å². The molecule has 1 saturated heterocycles. The highest BCUT2D eigenvalue weighted by molar-refractivity contribution is 5.81. The van der Waals surface area contributed by atoms with Gasteiger partial charge in [0.25, 0.3) is 0 Å². The van der Waals surface area contributed by atoms with Crippen LogP contribution in [0.1, 0.15) is 40.5 Å².